The summed E-state index contributed by atoms with van der Waals surface area (Å²) in [5.74, 6) is 0. The van der Waals surface area contributed by atoms with Crippen molar-refractivity contribution >= 4 is 21.5 Å². The third-order valence-corrected chi connectivity index (χ3v) is 8.75. The van der Waals surface area contributed by atoms with Gasteiger partial charge in [0.25, 0.3) is 0 Å². The molecular formula is C42H31N. The second kappa shape index (κ2) is 10.8. The van der Waals surface area contributed by atoms with E-state index in [-0.39, 0.29) is 5.41 Å². The minimum Gasteiger partial charge on any atom is -0.192 e. The van der Waals surface area contributed by atoms with Gasteiger partial charge in [0.05, 0.1) is 11.6 Å². The van der Waals surface area contributed by atoms with E-state index in [1.165, 1.54) is 66.1 Å². The fourth-order valence-electron chi connectivity index (χ4n) is 6.70. The maximum atomic E-state index is 9.50. The molecular weight excluding hydrogens is 518 g/mol. The second-order valence-electron chi connectivity index (χ2n) is 11.6. The van der Waals surface area contributed by atoms with Crippen LogP contribution in [0.4, 0.5) is 0 Å². The minimum absolute atomic E-state index is 0.177. The molecule has 0 saturated carbocycles. The van der Waals surface area contributed by atoms with Crippen LogP contribution in [0.5, 0.6) is 0 Å². The number of hydrogen-bond acceptors (Lipinski definition) is 1. The van der Waals surface area contributed by atoms with Crippen LogP contribution in [-0.4, -0.2) is 0 Å². The lowest BCUT2D eigenvalue weighted by molar-refractivity contribution is 0.660. The molecule has 8 rings (SSSR count). The Bertz CT molecular complexity index is 2060. The van der Waals surface area contributed by atoms with Gasteiger partial charge in [0.15, 0.2) is 0 Å². The molecule has 0 aromatic heterocycles. The van der Waals surface area contributed by atoms with Crippen molar-refractivity contribution in [3.63, 3.8) is 0 Å². The molecule has 1 heteroatoms. The maximum absolute atomic E-state index is 9.50. The zero-order valence-corrected chi connectivity index (χ0v) is 24.4. The molecule has 0 amide bonds. The van der Waals surface area contributed by atoms with Crippen LogP contribution in [0.25, 0.3) is 54.9 Å². The molecule has 1 aliphatic carbocycles. The van der Waals surface area contributed by atoms with Gasteiger partial charge >= 0.3 is 0 Å². The SMILES string of the molecule is CC1(C)c2cc(C#N)ccc2-c2ccc(-c3c4ccccc4c(-c4ccccc4)c4ccccc34)cc21.c1ccccc1. The highest BCUT2D eigenvalue weighted by molar-refractivity contribution is 6.21. The molecule has 1 aliphatic rings. The number of rotatable bonds is 2. The molecule has 0 heterocycles. The van der Waals surface area contributed by atoms with E-state index in [4.69, 9.17) is 0 Å². The predicted octanol–water partition coefficient (Wildman–Crippen LogP) is 11.2. The molecule has 7 aromatic carbocycles. The fraction of sp³-hybridized carbons (Fsp3) is 0.0714. The van der Waals surface area contributed by atoms with Gasteiger partial charge in [-0.1, -0.05) is 147 Å². The van der Waals surface area contributed by atoms with Crippen molar-refractivity contribution in [2.45, 2.75) is 19.3 Å². The smallest absolute Gasteiger partial charge is 0.0991 e. The van der Waals surface area contributed by atoms with Crippen molar-refractivity contribution in [3.05, 3.63) is 168 Å². The Balaban J connectivity index is 0.000000449. The molecule has 0 N–H and O–H groups in total. The Kier molecular flexibility index (Phi) is 6.61. The summed E-state index contributed by atoms with van der Waals surface area (Å²) in [4.78, 5) is 0. The van der Waals surface area contributed by atoms with Gasteiger partial charge in [0, 0.05) is 5.41 Å². The Morgan fingerprint density at radius 3 is 1.37 bits per heavy atom. The normalized spacial score (nSPS) is 12.6. The first-order chi connectivity index (χ1) is 21.1. The highest BCUT2D eigenvalue weighted by Gasteiger charge is 2.36. The van der Waals surface area contributed by atoms with Crippen LogP contribution in [0.15, 0.2) is 152 Å². The van der Waals surface area contributed by atoms with Crippen LogP contribution in [0.3, 0.4) is 0 Å². The summed E-state index contributed by atoms with van der Waals surface area (Å²) in [6.45, 7) is 4.55. The lowest BCUT2D eigenvalue weighted by Gasteiger charge is -2.23. The maximum Gasteiger partial charge on any atom is 0.0991 e. The minimum atomic E-state index is -0.177. The van der Waals surface area contributed by atoms with E-state index in [1.54, 1.807) is 0 Å². The highest BCUT2D eigenvalue weighted by atomic mass is 14.4. The molecule has 0 aliphatic heterocycles. The average molecular weight is 550 g/mol. The summed E-state index contributed by atoms with van der Waals surface area (Å²) in [6, 6.07) is 55.7. The van der Waals surface area contributed by atoms with Gasteiger partial charge in [-0.25, -0.2) is 0 Å². The highest BCUT2D eigenvalue weighted by Crippen LogP contribution is 2.51. The Morgan fingerprint density at radius 1 is 0.442 bits per heavy atom. The molecule has 0 fully saturated rings. The van der Waals surface area contributed by atoms with Crippen LogP contribution in [0.2, 0.25) is 0 Å². The number of fused-ring (bicyclic) bond motifs is 5. The van der Waals surface area contributed by atoms with Crippen LogP contribution < -0.4 is 0 Å². The quantitative estimate of drug-likeness (QED) is 0.197. The summed E-state index contributed by atoms with van der Waals surface area (Å²) in [6.07, 6.45) is 0. The first kappa shape index (κ1) is 26.4. The van der Waals surface area contributed by atoms with Crippen LogP contribution in [0, 0.1) is 11.3 Å². The molecule has 0 atom stereocenters. The number of benzene rings is 7. The molecule has 7 aromatic rings. The van der Waals surface area contributed by atoms with Crippen molar-refractivity contribution in [3.8, 4) is 39.4 Å². The van der Waals surface area contributed by atoms with Crippen molar-refractivity contribution in [2.75, 3.05) is 0 Å². The van der Waals surface area contributed by atoms with E-state index in [2.05, 4.69) is 129 Å². The van der Waals surface area contributed by atoms with Gasteiger partial charge in [-0.2, -0.15) is 5.26 Å². The molecule has 0 saturated heterocycles. The predicted molar refractivity (Wildman–Crippen MR) is 181 cm³/mol. The van der Waals surface area contributed by atoms with Crippen molar-refractivity contribution < 1.29 is 0 Å². The van der Waals surface area contributed by atoms with Crippen LogP contribution in [-0.2, 0) is 5.41 Å². The largest absolute Gasteiger partial charge is 0.192 e. The first-order valence-corrected chi connectivity index (χ1v) is 14.8. The molecule has 204 valence electrons. The number of nitrogens with zero attached hydrogens (tertiary/aromatic N) is 1. The summed E-state index contributed by atoms with van der Waals surface area (Å²) in [7, 11) is 0. The summed E-state index contributed by atoms with van der Waals surface area (Å²) in [5.41, 5.74) is 10.6. The van der Waals surface area contributed by atoms with Crippen LogP contribution >= 0.6 is 0 Å². The lowest BCUT2D eigenvalue weighted by Crippen LogP contribution is -2.15. The van der Waals surface area contributed by atoms with Gasteiger partial charge in [-0.05, 0) is 84.3 Å². The standard InChI is InChI=1S/C36H25N.C6H6/c1-36(2)32-20-23(22-37)16-18-26(32)27-19-17-25(21-33(27)36)35-30-14-8-6-12-28(30)34(24-10-4-3-5-11-24)29-13-7-9-15-31(29)35;1-2-4-6-5-3-1/h3-21H,1-2H3;1-6H. The fourth-order valence-corrected chi connectivity index (χ4v) is 6.70. The van der Waals surface area contributed by atoms with E-state index < -0.39 is 0 Å². The van der Waals surface area contributed by atoms with Gasteiger partial charge in [-0.3, -0.25) is 0 Å². The molecule has 43 heavy (non-hydrogen) atoms. The van der Waals surface area contributed by atoms with E-state index in [1.807, 2.05) is 42.5 Å². The molecule has 0 unspecified atom stereocenters. The summed E-state index contributed by atoms with van der Waals surface area (Å²) >= 11 is 0. The molecule has 0 bridgehead atoms. The van der Waals surface area contributed by atoms with Crippen molar-refractivity contribution in [1.82, 2.24) is 0 Å². The number of hydrogen-bond donors (Lipinski definition) is 0. The van der Waals surface area contributed by atoms with Crippen molar-refractivity contribution in [1.29, 1.82) is 5.26 Å². The zero-order valence-electron chi connectivity index (χ0n) is 24.4. The van der Waals surface area contributed by atoms with Gasteiger partial charge in [0.1, 0.15) is 0 Å². The summed E-state index contributed by atoms with van der Waals surface area (Å²) in [5, 5.41) is 14.6. The number of nitriles is 1. The lowest BCUT2D eigenvalue weighted by atomic mass is 9.80. The van der Waals surface area contributed by atoms with E-state index in [0.29, 0.717) is 5.56 Å². The topological polar surface area (TPSA) is 23.8 Å². The van der Waals surface area contributed by atoms with Gasteiger partial charge in [-0.15, -0.1) is 0 Å². The van der Waals surface area contributed by atoms with E-state index in [9.17, 15) is 5.26 Å². The van der Waals surface area contributed by atoms with E-state index >= 15 is 0 Å². The third kappa shape index (κ3) is 4.49. The zero-order chi connectivity index (χ0) is 29.4. The average Bonchev–Trinajstić information content (AvgIpc) is 3.30. The Labute approximate surface area is 253 Å². The molecule has 1 nitrogen and oxygen atoms in total. The monoisotopic (exact) mass is 549 g/mol. The van der Waals surface area contributed by atoms with Gasteiger partial charge in [0.2, 0.25) is 0 Å². The first-order valence-electron chi connectivity index (χ1n) is 14.8. The molecule has 0 radical (unpaired) electrons. The van der Waals surface area contributed by atoms with Crippen LogP contribution in [0.1, 0.15) is 30.5 Å². The van der Waals surface area contributed by atoms with Gasteiger partial charge < -0.3 is 0 Å². The third-order valence-electron chi connectivity index (χ3n) is 8.75. The summed E-state index contributed by atoms with van der Waals surface area (Å²) < 4.78 is 0. The Morgan fingerprint density at radius 2 is 0.860 bits per heavy atom. The molecule has 0 spiro atoms. The van der Waals surface area contributed by atoms with Crippen molar-refractivity contribution in [2.24, 2.45) is 0 Å². The van der Waals surface area contributed by atoms with E-state index in [0.717, 1.165) is 0 Å². The Hall–Kier alpha value is -5.45. The second-order valence-corrected chi connectivity index (χ2v) is 11.6.